The summed E-state index contributed by atoms with van der Waals surface area (Å²) in [6.07, 6.45) is 0.352. The summed E-state index contributed by atoms with van der Waals surface area (Å²) in [5.74, 6) is 0.305. The molecule has 0 aromatic heterocycles. The molecule has 0 bridgehead atoms. The molecule has 0 unspecified atom stereocenters. The summed E-state index contributed by atoms with van der Waals surface area (Å²) in [6, 6.07) is 14.4. The lowest BCUT2D eigenvalue weighted by Gasteiger charge is -2.21. The van der Waals surface area contributed by atoms with Crippen molar-refractivity contribution in [2.45, 2.75) is 17.7 Å². The Bertz CT molecular complexity index is 1010. The van der Waals surface area contributed by atoms with Crippen LogP contribution in [-0.4, -0.2) is 44.1 Å². The molecule has 4 rings (SSSR count). The third-order valence-electron chi connectivity index (χ3n) is 5.52. The van der Waals surface area contributed by atoms with Crippen LogP contribution in [0.25, 0.3) is 0 Å². The van der Waals surface area contributed by atoms with Gasteiger partial charge >= 0.3 is 0 Å². The summed E-state index contributed by atoms with van der Waals surface area (Å²) in [5, 5.41) is 2.75. The zero-order valence-electron chi connectivity index (χ0n) is 15.7. The minimum absolute atomic E-state index is 0.189. The van der Waals surface area contributed by atoms with Crippen molar-refractivity contribution in [1.82, 2.24) is 4.31 Å². The van der Waals surface area contributed by atoms with Gasteiger partial charge in [-0.2, -0.15) is 4.31 Å². The van der Waals surface area contributed by atoms with E-state index in [-0.39, 0.29) is 12.5 Å². The minimum Gasteiger partial charge on any atom is -0.497 e. The number of anilines is 1. The Balaban J connectivity index is 1.56. The molecule has 148 valence electrons. The van der Waals surface area contributed by atoms with E-state index in [2.05, 4.69) is 5.32 Å². The van der Waals surface area contributed by atoms with Crippen molar-refractivity contribution in [2.75, 3.05) is 26.1 Å². The van der Waals surface area contributed by atoms with Gasteiger partial charge < -0.3 is 14.8 Å². The van der Waals surface area contributed by atoms with E-state index in [4.69, 9.17) is 9.47 Å². The fraction of sp³-hybridized carbons (Fsp3) is 0.350. The zero-order chi connectivity index (χ0) is 19.9. The SMILES string of the molecule is COc1ccc(NC(=O)[C@@]23C[C@H]2CN(Cc2ccccc2)S3(=O)=O)c(OC)c1. The molecule has 2 aromatic carbocycles. The summed E-state index contributed by atoms with van der Waals surface area (Å²) in [4.78, 5) is 13.0. The number of carbonyl (C=O) groups is 1. The molecule has 1 saturated carbocycles. The fourth-order valence-corrected chi connectivity index (χ4v) is 6.22. The lowest BCUT2D eigenvalue weighted by molar-refractivity contribution is -0.116. The van der Waals surface area contributed by atoms with Gasteiger partial charge in [0, 0.05) is 25.1 Å². The molecule has 28 heavy (non-hydrogen) atoms. The normalized spacial score (nSPS) is 25.0. The number of rotatable bonds is 6. The first-order chi connectivity index (χ1) is 13.4. The number of nitrogens with one attached hydrogen (secondary N) is 1. The highest BCUT2D eigenvalue weighted by molar-refractivity contribution is 7.92. The van der Waals surface area contributed by atoms with E-state index in [9.17, 15) is 13.2 Å². The summed E-state index contributed by atoms with van der Waals surface area (Å²) in [7, 11) is -0.730. The number of nitrogens with zero attached hydrogens (tertiary/aromatic N) is 1. The van der Waals surface area contributed by atoms with E-state index in [1.807, 2.05) is 30.3 Å². The van der Waals surface area contributed by atoms with Crippen molar-refractivity contribution in [3.05, 3.63) is 54.1 Å². The van der Waals surface area contributed by atoms with Crippen LogP contribution in [0, 0.1) is 5.92 Å². The van der Waals surface area contributed by atoms with Crippen LogP contribution in [0.2, 0.25) is 0 Å². The molecule has 2 aliphatic rings. The van der Waals surface area contributed by atoms with Crippen molar-refractivity contribution >= 4 is 21.6 Å². The van der Waals surface area contributed by atoms with Crippen molar-refractivity contribution in [3.8, 4) is 11.5 Å². The number of methoxy groups -OCH3 is 2. The van der Waals surface area contributed by atoms with Gasteiger partial charge in [0.15, 0.2) is 4.75 Å². The van der Waals surface area contributed by atoms with Gasteiger partial charge in [0.1, 0.15) is 11.5 Å². The van der Waals surface area contributed by atoms with E-state index in [0.29, 0.717) is 30.2 Å². The molecule has 1 N–H and O–H groups in total. The Hall–Kier alpha value is -2.58. The molecule has 2 fully saturated rings. The number of hydrogen-bond acceptors (Lipinski definition) is 5. The molecular weight excluding hydrogens is 380 g/mol. The van der Waals surface area contributed by atoms with Gasteiger partial charge in [-0.25, -0.2) is 8.42 Å². The molecule has 1 aliphatic heterocycles. The number of fused-ring (bicyclic) bond motifs is 1. The Morgan fingerprint density at radius 2 is 1.93 bits per heavy atom. The maximum absolute atomic E-state index is 13.2. The van der Waals surface area contributed by atoms with Gasteiger partial charge in [0.2, 0.25) is 15.9 Å². The third-order valence-corrected chi connectivity index (χ3v) is 8.08. The van der Waals surface area contributed by atoms with Crippen LogP contribution in [0.15, 0.2) is 48.5 Å². The van der Waals surface area contributed by atoms with Crippen LogP contribution in [0.4, 0.5) is 5.69 Å². The highest BCUT2D eigenvalue weighted by Gasteiger charge is 2.75. The molecule has 1 aliphatic carbocycles. The van der Waals surface area contributed by atoms with Crippen molar-refractivity contribution < 1.29 is 22.7 Å². The number of sulfonamides is 1. The Labute approximate surface area is 164 Å². The van der Waals surface area contributed by atoms with Crippen molar-refractivity contribution in [2.24, 2.45) is 5.92 Å². The fourth-order valence-electron chi connectivity index (χ4n) is 3.87. The lowest BCUT2D eigenvalue weighted by Crippen LogP contribution is -2.42. The molecular formula is C20H22N2O5S. The molecule has 1 saturated heterocycles. The quantitative estimate of drug-likeness (QED) is 0.801. The maximum atomic E-state index is 13.2. The summed E-state index contributed by atoms with van der Waals surface area (Å²) < 4.78 is 36.8. The van der Waals surface area contributed by atoms with Gasteiger partial charge in [0.05, 0.1) is 19.9 Å². The molecule has 2 atom stereocenters. The van der Waals surface area contributed by atoms with E-state index < -0.39 is 20.7 Å². The maximum Gasteiger partial charge on any atom is 0.247 e. The highest BCUT2D eigenvalue weighted by atomic mass is 32.2. The van der Waals surface area contributed by atoms with Crippen LogP contribution in [0.3, 0.4) is 0 Å². The Morgan fingerprint density at radius 3 is 2.61 bits per heavy atom. The van der Waals surface area contributed by atoms with E-state index in [1.54, 1.807) is 18.2 Å². The molecule has 0 spiro atoms. The van der Waals surface area contributed by atoms with Crippen molar-refractivity contribution in [1.29, 1.82) is 0 Å². The molecule has 8 heteroatoms. The molecule has 1 amide bonds. The number of amides is 1. The summed E-state index contributed by atoms with van der Waals surface area (Å²) >= 11 is 0. The Morgan fingerprint density at radius 1 is 1.18 bits per heavy atom. The Kier molecular flexibility index (Phi) is 4.55. The second-order valence-electron chi connectivity index (χ2n) is 7.09. The average Bonchev–Trinajstić information content (AvgIpc) is 3.39. The van der Waals surface area contributed by atoms with Crippen molar-refractivity contribution in [3.63, 3.8) is 0 Å². The van der Waals surface area contributed by atoms with Gasteiger partial charge in [0.25, 0.3) is 0 Å². The van der Waals surface area contributed by atoms with E-state index in [0.717, 1.165) is 5.56 Å². The minimum atomic E-state index is -3.75. The van der Waals surface area contributed by atoms with Gasteiger partial charge in [-0.15, -0.1) is 0 Å². The number of ether oxygens (including phenoxy) is 2. The van der Waals surface area contributed by atoms with Crippen LogP contribution >= 0.6 is 0 Å². The lowest BCUT2D eigenvalue weighted by atomic mass is 10.2. The smallest absolute Gasteiger partial charge is 0.247 e. The topological polar surface area (TPSA) is 84.9 Å². The molecule has 1 heterocycles. The highest BCUT2D eigenvalue weighted by Crippen LogP contribution is 2.58. The predicted molar refractivity (Wildman–Crippen MR) is 105 cm³/mol. The molecule has 0 radical (unpaired) electrons. The number of benzene rings is 2. The average molecular weight is 402 g/mol. The summed E-state index contributed by atoms with van der Waals surface area (Å²) in [6.45, 7) is 0.644. The monoisotopic (exact) mass is 402 g/mol. The molecule has 7 nitrogen and oxygen atoms in total. The third kappa shape index (κ3) is 2.84. The predicted octanol–water partition coefficient (Wildman–Crippen LogP) is 2.25. The van der Waals surface area contributed by atoms with Gasteiger partial charge in [-0.1, -0.05) is 30.3 Å². The first-order valence-corrected chi connectivity index (χ1v) is 10.4. The zero-order valence-corrected chi connectivity index (χ0v) is 16.5. The van der Waals surface area contributed by atoms with Crippen LogP contribution in [0.1, 0.15) is 12.0 Å². The van der Waals surface area contributed by atoms with Gasteiger partial charge in [-0.3, -0.25) is 4.79 Å². The first kappa shape index (κ1) is 18.8. The largest absolute Gasteiger partial charge is 0.497 e. The summed E-state index contributed by atoms with van der Waals surface area (Å²) in [5.41, 5.74) is 1.32. The second kappa shape index (κ2) is 6.79. The standard InChI is InChI=1S/C20H22N2O5S/c1-26-16-8-9-17(18(10-16)27-2)21-19(23)20-11-15(20)13-22(28(20,24)25)12-14-6-4-3-5-7-14/h3-10,15H,11-13H2,1-2H3,(H,21,23)/t15-,20+/m0/s1. The first-order valence-electron chi connectivity index (χ1n) is 8.99. The van der Waals surface area contributed by atoms with E-state index in [1.165, 1.54) is 18.5 Å². The van der Waals surface area contributed by atoms with Crippen LogP contribution in [0.5, 0.6) is 11.5 Å². The van der Waals surface area contributed by atoms with E-state index >= 15 is 0 Å². The van der Waals surface area contributed by atoms with Crippen LogP contribution in [-0.2, 0) is 21.4 Å². The van der Waals surface area contributed by atoms with Gasteiger partial charge in [-0.05, 0) is 24.1 Å². The molecule has 2 aromatic rings. The second-order valence-corrected chi connectivity index (χ2v) is 9.29. The number of carbonyl (C=O) groups excluding carboxylic acids is 1. The number of hydrogen-bond donors (Lipinski definition) is 1. The van der Waals surface area contributed by atoms with Crippen LogP contribution < -0.4 is 14.8 Å².